The van der Waals surface area contributed by atoms with Crippen molar-refractivity contribution in [2.75, 3.05) is 13.1 Å². The highest BCUT2D eigenvalue weighted by molar-refractivity contribution is 5.81. The van der Waals surface area contributed by atoms with Crippen LogP contribution < -0.4 is 10.4 Å². The van der Waals surface area contributed by atoms with Crippen molar-refractivity contribution in [1.82, 2.24) is 19.2 Å². The van der Waals surface area contributed by atoms with Gasteiger partial charge in [-0.05, 0) is 45.7 Å². The van der Waals surface area contributed by atoms with E-state index >= 15 is 0 Å². The number of para-hydroxylation sites is 1. The predicted molar refractivity (Wildman–Crippen MR) is 103 cm³/mol. The van der Waals surface area contributed by atoms with E-state index in [-0.39, 0.29) is 23.6 Å². The fraction of sp³-hybridized carbons (Fsp3) is 0.550. The molecule has 1 unspecified atom stereocenters. The van der Waals surface area contributed by atoms with Gasteiger partial charge < -0.3 is 9.64 Å². The number of carbonyl (C=O) groups is 1. The van der Waals surface area contributed by atoms with Gasteiger partial charge in [-0.1, -0.05) is 18.2 Å². The number of aromatic nitrogens is 3. The van der Waals surface area contributed by atoms with Gasteiger partial charge in [0.1, 0.15) is 11.6 Å². The average molecular weight is 372 g/mol. The standard InChI is InChI=1S/C20H28N4O3/c1-14(2)24-18(21-22(4)20(24)26)16-10-12-23(13-11-16)19(25)15(3)27-17-8-6-5-7-9-17/h5-9,14-16H,10-13H2,1-4H3. The van der Waals surface area contributed by atoms with Gasteiger partial charge in [-0.2, -0.15) is 5.10 Å². The molecule has 1 aromatic carbocycles. The average Bonchev–Trinajstić information content (AvgIpc) is 2.97. The Labute approximate surface area is 159 Å². The van der Waals surface area contributed by atoms with Crippen molar-refractivity contribution in [2.45, 2.75) is 51.7 Å². The third-order valence-electron chi connectivity index (χ3n) is 5.07. The maximum Gasteiger partial charge on any atom is 0.345 e. The molecule has 0 saturated carbocycles. The summed E-state index contributed by atoms with van der Waals surface area (Å²) in [6, 6.07) is 9.46. The predicted octanol–water partition coefficient (Wildman–Crippen LogP) is 2.34. The largest absolute Gasteiger partial charge is 0.481 e. The Bertz CT molecular complexity index is 833. The van der Waals surface area contributed by atoms with Gasteiger partial charge in [-0.15, -0.1) is 0 Å². The van der Waals surface area contributed by atoms with Crippen LogP contribution >= 0.6 is 0 Å². The number of benzene rings is 1. The minimum Gasteiger partial charge on any atom is -0.481 e. The second-order valence-electron chi connectivity index (χ2n) is 7.40. The maximum absolute atomic E-state index is 12.7. The number of hydrogen-bond donors (Lipinski definition) is 0. The van der Waals surface area contributed by atoms with Gasteiger partial charge in [0.15, 0.2) is 6.10 Å². The summed E-state index contributed by atoms with van der Waals surface area (Å²) >= 11 is 0. The van der Waals surface area contributed by atoms with E-state index < -0.39 is 6.10 Å². The van der Waals surface area contributed by atoms with Gasteiger partial charge in [0.25, 0.3) is 5.91 Å². The summed E-state index contributed by atoms with van der Waals surface area (Å²) in [4.78, 5) is 26.8. The second kappa shape index (κ2) is 7.98. The lowest BCUT2D eigenvalue weighted by Crippen LogP contribution is -2.44. The van der Waals surface area contributed by atoms with Crippen LogP contribution in [0.3, 0.4) is 0 Å². The van der Waals surface area contributed by atoms with Crippen LogP contribution in [0.5, 0.6) is 5.75 Å². The van der Waals surface area contributed by atoms with E-state index in [0.717, 1.165) is 18.7 Å². The number of hydrogen-bond acceptors (Lipinski definition) is 4. The summed E-state index contributed by atoms with van der Waals surface area (Å²) in [5.41, 5.74) is -0.0802. The summed E-state index contributed by atoms with van der Waals surface area (Å²) in [5, 5.41) is 4.45. The highest BCUT2D eigenvalue weighted by Crippen LogP contribution is 2.28. The van der Waals surface area contributed by atoms with Crippen LogP contribution in [0.15, 0.2) is 35.1 Å². The Morgan fingerprint density at radius 1 is 1.15 bits per heavy atom. The minimum atomic E-state index is -0.521. The lowest BCUT2D eigenvalue weighted by Gasteiger charge is -2.33. The van der Waals surface area contributed by atoms with Gasteiger partial charge in [-0.25, -0.2) is 9.48 Å². The van der Waals surface area contributed by atoms with E-state index in [4.69, 9.17) is 4.74 Å². The molecule has 0 spiro atoms. The first-order chi connectivity index (χ1) is 12.9. The number of rotatable bonds is 5. The molecule has 3 rings (SSSR count). The molecular weight excluding hydrogens is 344 g/mol. The van der Waals surface area contributed by atoms with Gasteiger partial charge in [-0.3, -0.25) is 9.36 Å². The Hall–Kier alpha value is -2.57. The molecule has 1 amide bonds. The van der Waals surface area contributed by atoms with Gasteiger partial charge in [0.05, 0.1) is 0 Å². The Morgan fingerprint density at radius 2 is 1.78 bits per heavy atom. The Kier molecular flexibility index (Phi) is 5.68. The molecule has 0 bridgehead atoms. The number of aryl methyl sites for hydroxylation is 1. The zero-order valence-corrected chi connectivity index (χ0v) is 16.5. The number of carbonyl (C=O) groups excluding carboxylic acids is 1. The summed E-state index contributed by atoms with van der Waals surface area (Å²) in [6.07, 6.45) is 1.08. The van der Waals surface area contributed by atoms with Crippen molar-refractivity contribution in [2.24, 2.45) is 7.05 Å². The van der Waals surface area contributed by atoms with Gasteiger partial charge in [0, 0.05) is 32.1 Å². The smallest absolute Gasteiger partial charge is 0.345 e. The Balaban J connectivity index is 1.63. The van der Waals surface area contributed by atoms with Crippen molar-refractivity contribution < 1.29 is 9.53 Å². The van der Waals surface area contributed by atoms with E-state index in [1.165, 1.54) is 4.68 Å². The molecule has 1 fully saturated rings. The molecule has 1 aliphatic heterocycles. The molecule has 2 heterocycles. The van der Waals surface area contributed by atoms with Crippen molar-refractivity contribution in [1.29, 1.82) is 0 Å². The number of amides is 1. The third kappa shape index (κ3) is 4.07. The second-order valence-corrected chi connectivity index (χ2v) is 7.40. The van der Waals surface area contributed by atoms with Crippen LogP contribution in [0.2, 0.25) is 0 Å². The summed E-state index contributed by atoms with van der Waals surface area (Å²) in [6.45, 7) is 7.07. The molecule has 1 atom stereocenters. The summed E-state index contributed by atoms with van der Waals surface area (Å²) in [5.74, 6) is 1.72. The number of piperidine rings is 1. The third-order valence-corrected chi connectivity index (χ3v) is 5.07. The molecular formula is C20H28N4O3. The van der Waals surface area contributed by atoms with Crippen LogP contribution in [0.4, 0.5) is 0 Å². The van der Waals surface area contributed by atoms with Crippen LogP contribution in [0, 0.1) is 0 Å². The monoisotopic (exact) mass is 372 g/mol. The zero-order valence-electron chi connectivity index (χ0n) is 16.5. The number of likely N-dealkylation sites (tertiary alicyclic amines) is 1. The fourth-order valence-electron chi connectivity index (χ4n) is 3.63. The maximum atomic E-state index is 12.7. The molecule has 146 valence electrons. The quantitative estimate of drug-likeness (QED) is 0.808. The zero-order chi connectivity index (χ0) is 19.6. The first-order valence-electron chi connectivity index (χ1n) is 9.54. The van der Waals surface area contributed by atoms with Crippen molar-refractivity contribution in [3.63, 3.8) is 0 Å². The molecule has 1 aliphatic rings. The fourth-order valence-corrected chi connectivity index (χ4v) is 3.63. The van der Waals surface area contributed by atoms with E-state index in [2.05, 4.69) is 5.10 Å². The molecule has 0 aliphatic carbocycles. The first-order valence-corrected chi connectivity index (χ1v) is 9.54. The molecule has 1 saturated heterocycles. The summed E-state index contributed by atoms with van der Waals surface area (Å²) in [7, 11) is 1.69. The van der Waals surface area contributed by atoms with Crippen LogP contribution in [-0.4, -0.2) is 44.3 Å². The summed E-state index contributed by atoms with van der Waals surface area (Å²) < 4.78 is 8.93. The van der Waals surface area contributed by atoms with Crippen molar-refractivity contribution >= 4 is 5.91 Å². The van der Waals surface area contributed by atoms with Gasteiger partial charge in [0.2, 0.25) is 0 Å². The van der Waals surface area contributed by atoms with E-state index in [9.17, 15) is 9.59 Å². The van der Waals surface area contributed by atoms with Crippen LogP contribution in [0.25, 0.3) is 0 Å². The lowest BCUT2D eigenvalue weighted by molar-refractivity contribution is -0.139. The molecule has 1 aromatic heterocycles. The van der Waals surface area contributed by atoms with Crippen LogP contribution in [-0.2, 0) is 11.8 Å². The first kappa shape index (κ1) is 19.2. The normalized spacial score (nSPS) is 16.6. The van der Waals surface area contributed by atoms with Crippen LogP contribution in [0.1, 0.15) is 51.4 Å². The van der Waals surface area contributed by atoms with E-state index in [1.807, 2.05) is 49.1 Å². The topological polar surface area (TPSA) is 69.4 Å². The molecule has 2 aromatic rings. The molecule has 7 heteroatoms. The van der Waals surface area contributed by atoms with Gasteiger partial charge >= 0.3 is 5.69 Å². The molecule has 0 radical (unpaired) electrons. The Morgan fingerprint density at radius 3 is 2.37 bits per heavy atom. The number of ether oxygens (including phenoxy) is 1. The minimum absolute atomic E-state index is 0.000395. The highest BCUT2D eigenvalue weighted by atomic mass is 16.5. The number of nitrogens with zero attached hydrogens (tertiary/aromatic N) is 4. The highest BCUT2D eigenvalue weighted by Gasteiger charge is 2.31. The van der Waals surface area contributed by atoms with E-state index in [1.54, 1.807) is 18.5 Å². The van der Waals surface area contributed by atoms with Crippen molar-refractivity contribution in [3.05, 3.63) is 46.6 Å². The lowest BCUT2D eigenvalue weighted by atomic mass is 9.95. The SMILES string of the molecule is CC(Oc1ccccc1)C(=O)N1CCC(c2nn(C)c(=O)n2C(C)C)CC1. The van der Waals surface area contributed by atoms with E-state index in [0.29, 0.717) is 18.8 Å². The molecule has 27 heavy (non-hydrogen) atoms. The molecule has 0 N–H and O–H groups in total. The molecule has 7 nitrogen and oxygen atoms in total. The van der Waals surface area contributed by atoms with Crippen molar-refractivity contribution in [3.8, 4) is 5.75 Å².